The van der Waals surface area contributed by atoms with Gasteiger partial charge in [0.1, 0.15) is 0 Å². The predicted octanol–water partition coefficient (Wildman–Crippen LogP) is 3.38. The maximum Gasteiger partial charge on any atom is 0.253 e. The highest BCUT2D eigenvalue weighted by atomic mass is 16.2. The second-order valence-corrected chi connectivity index (χ2v) is 6.64. The third-order valence-electron chi connectivity index (χ3n) is 4.00. The van der Waals surface area contributed by atoms with Crippen molar-refractivity contribution in [2.75, 3.05) is 0 Å². The minimum atomic E-state index is -0.211. The van der Waals surface area contributed by atoms with Crippen LogP contribution in [0.1, 0.15) is 56.4 Å². The van der Waals surface area contributed by atoms with Crippen molar-refractivity contribution in [3.8, 4) is 0 Å². The Morgan fingerprint density at radius 3 is 2.11 bits per heavy atom. The van der Waals surface area contributed by atoms with Gasteiger partial charge in [0.25, 0.3) is 5.95 Å². The van der Waals surface area contributed by atoms with Gasteiger partial charge in [-0.05, 0) is 45.2 Å². The molecule has 0 radical (unpaired) electrons. The van der Waals surface area contributed by atoms with E-state index in [2.05, 4.69) is 31.7 Å². The first-order valence-corrected chi connectivity index (χ1v) is 9.28. The number of aryl methyl sites for hydroxylation is 3. The summed E-state index contributed by atoms with van der Waals surface area (Å²) in [6.07, 6.45) is 2.09. The molecule has 0 aliphatic rings. The minimum absolute atomic E-state index is 0.0652. The summed E-state index contributed by atoms with van der Waals surface area (Å²) in [5, 5.41) is 6.26. The standard InChI is InChI=1S/C20H27N5O2/c1-6-8-16(26)22-20(23-17(27)9-7-2)25-19-21-14(5)15-11-12(3)10-13(4)18(15)24-19/h10-11H,6-9H2,1-5H3,(H2,21,22,23,24,25,26,27). The molecular weight excluding hydrogens is 342 g/mol. The molecule has 2 N–H and O–H groups in total. The third-order valence-corrected chi connectivity index (χ3v) is 4.00. The van der Waals surface area contributed by atoms with Gasteiger partial charge < -0.3 is 0 Å². The van der Waals surface area contributed by atoms with E-state index in [0.29, 0.717) is 25.7 Å². The van der Waals surface area contributed by atoms with Crippen molar-refractivity contribution in [1.29, 1.82) is 0 Å². The lowest BCUT2D eigenvalue weighted by Crippen LogP contribution is -2.43. The molecule has 0 spiro atoms. The Hall–Kier alpha value is -2.83. The van der Waals surface area contributed by atoms with Gasteiger partial charge in [-0.1, -0.05) is 25.5 Å². The maximum absolute atomic E-state index is 12.0. The largest absolute Gasteiger partial charge is 0.296 e. The van der Waals surface area contributed by atoms with Crippen LogP contribution < -0.4 is 10.6 Å². The number of hydrogen-bond donors (Lipinski definition) is 2. The number of fused-ring (bicyclic) bond motifs is 1. The van der Waals surface area contributed by atoms with Gasteiger partial charge in [0, 0.05) is 18.2 Å². The zero-order valence-corrected chi connectivity index (χ0v) is 16.6. The number of aromatic nitrogens is 2. The number of benzene rings is 1. The van der Waals surface area contributed by atoms with Gasteiger partial charge in [-0.2, -0.15) is 4.99 Å². The molecule has 1 aromatic heterocycles. The SMILES string of the molecule is CCCC(=O)NC(=Nc1nc(C)c2cc(C)cc(C)c2n1)NC(=O)CCC. The van der Waals surface area contributed by atoms with Crippen LogP contribution in [0.4, 0.5) is 5.95 Å². The van der Waals surface area contributed by atoms with Crippen LogP contribution in [0.5, 0.6) is 0 Å². The number of guanidine groups is 1. The van der Waals surface area contributed by atoms with E-state index in [1.165, 1.54) is 0 Å². The Labute approximate surface area is 159 Å². The fourth-order valence-corrected chi connectivity index (χ4v) is 2.80. The highest BCUT2D eigenvalue weighted by Gasteiger charge is 2.12. The number of carbonyl (C=O) groups excluding carboxylic acids is 2. The second-order valence-electron chi connectivity index (χ2n) is 6.64. The predicted molar refractivity (Wildman–Crippen MR) is 107 cm³/mol. The molecule has 0 fully saturated rings. The summed E-state index contributed by atoms with van der Waals surface area (Å²) in [5.74, 6) is -0.152. The summed E-state index contributed by atoms with van der Waals surface area (Å²) in [5.41, 5.74) is 3.77. The highest BCUT2D eigenvalue weighted by Crippen LogP contribution is 2.23. The van der Waals surface area contributed by atoms with Crippen LogP contribution in [-0.2, 0) is 9.59 Å². The molecule has 2 aromatic rings. The van der Waals surface area contributed by atoms with Gasteiger partial charge in [-0.15, -0.1) is 0 Å². The van der Waals surface area contributed by atoms with Crippen molar-refractivity contribution in [3.63, 3.8) is 0 Å². The third kappa shape index (κ3) is 5.57. The molecule has 2 amide bonds. The number of aliphatic imine (C=N–C) groups is 1. The van der Waals surface area contributed by atoms with Gasteiger partial charge in [0.15, 0.2) is 0 Å². The normalized spacial score (nSPS) is 10.6. The molecule has 0 aliphatic carbocycles. The van der Waals surface area contributed by atoms with Crippen LogP contribution >= 0.6 is 0 Å². The summed E-state index contributed by atoms with van der Waals surface area (Å²) in [7, 11) is 0. The molecule has 7 nitrogen and oxygen atoms in total. The van der Waals surface area contributed by atoms with E-state index in [-0.39, 0.29) is 23.7 Å². The molecule has 0 atom stereocenters. The van der Waals surface area contributed by atoms with Crippen LogP contribution in [0, 0.1) is 20.8 Å². The van der Waals surface area contributed by atoms with Gasteiger partial charge in [0.2, 0.25) is 17.8 Å². The lowest BCUT2D eigenvalue weighted by molar-refractivity contribution is -0.120. The van der Waals surface area contributed by atoms with Crippen molar-refractivity contribution in [1.82, 2.24) is 20.6 Å². The average molecular weight is 369 g/mol. The van der Waals surface area contributed by atoms with Crippen LogP contribution in [0.25, 0.3) is 10.9 Å². The van der Waals surface area contributed by atoms with Crippen molar-refractivity contribution in [3.05, 3.63) is 29.0 Å². The zero-order valence-electron chi connectivity index (χ0n) is 16.6. The Kier molecular flexibility index (Phi) is 6.98. The van der Waals surface area contributed by atoms with Gasteiger partial charge >= 0.3 is 0 Å². The molecule has 0 saturated carbocycles. The monoisotopic (exact) mass is 369 g/mol. The summed E-state index contributed by atoms with van der Waals surface area (Å²) in [4.78, 5) is 37.2. The Morgan fingerprint density at radius 1 is 0.963 bits per heavy atom. The molecule has 27 heavy (non-hydrogen) atoms. The number of carbonyl (C=O) groups is 2. The fraction of sp³-hybridized carbons (Fsp3) is 0.450. The Bertz CT molecular complexity index is 868. The lowest BCUT2D eigenvalue weighted by atomic mass is 10.1. The molecule has 7 heteroatoms. The van der Waals surface area contributed by atoms with Crippen molar-refractivity contribution >= 4 is 34.6 Å². The fourth-order valence-electron chi connectivity index (χ4n) is 2.80. The first-order valence-electron chi connectivity index (χ1n) is 9.28. The topological polar surface area (TPSA) is 96.3 Å². The summed E-state index contributed by atoms with van der Waals surface area (Å²) < 4.78 is 0. The van der Waals surface area contributed by atoms with Crippen molar-refractivity contribution < 1.29 is 9.59 Å². The maximum atomic E-state index is 12.0. The zero-order chi connectivity index (χ0) is 20.0. The number of hydrogen-bond acceptors (Lipinski definition) is 5. The van der Waals surface area contributed by atoms with E-state index in [4.69, 9.17) is 0 Å². The van der Waals surface area contributed by atoms with E-state index in [9.17, 15) is 9.59 Å². The van der Waals surface area contributed by atoms with E-state index < -0.39 is 0 Å². The number of rotatable bonds is 5. The van der Waals surface area contributed by atoms with E-state index >= 15 is 0 Å². The summed E-state index contributed by atoms with van der Waals surface area (Å²) in [6, 6.07) is 4.09. The van der Waals surface area contributed by atoms with E-state index in [1.54, 1.807) is 0 Å². The number of amides is 2. The van der Waals surface area contributed by atoms with Crippen LogP contribution in [0.3, 0.4) is 0 Å². The smallest absolute Gasteiger partial charge is 0.253 e. The lowest BCUT2D eigenvalue weighted by Gasteiger charge is -2.11. The Balaban J connectivity index is 2.44. The molecule has 0 aliphatic heterocycles. The molecule has 0 saturated heterocycles. The second kappa shape index (κ2) is 9.21. The van der Waals surface area contributed by atoms with Crippen molar-refractivity contribution in [2.45, 2.75) is 60.3 Å². The van der Waals surface area contributed by atoms with Crippen LogP contribution in [-0.4, -0.2) is 27.7 Å². The molecule has 1 heterocycles. The van der Waals surface area contributed by atoms with Gasteiger partial charge in [-0.3, -0.25) is 20.2 Å². The molecular formula is C20H27N5O2. The number of nitrogens with one attached hydrogen (secondary N) is 2. The molecule has 0 bridgehead atoms. The van der Waals surface area contributed by atoms with Crippen LogP contribution in [0.15, 0.2) is 17.1 Å². The highest BCUT2D eigenvalue weighted by molar-refractivity contribution is 6.05. The quantitative estimate of drug-likeness (QED) is 0.624. The minimum Gasteiger partial charge on any atom is -0.296 e. The first kappa shape index (κ1) is 20.5. The molecule has 0 unspecified atom stereocenters. The van der Waals surface area contributed by atoms with E-state index in [1.807, 2.05) is 40.7 Å². The van der Waals surface area contributed by atoms with Gasteiger partial charge in [0.05, 0.1) is 11.2 Å². The van der Waals surface area contributed by atoms with Crippen molar-refractivity contribution in [2.24, 2.45) is 4.99 Å². The Morgan fingerprint density at radius 2 is 1.56 bits per heavy atom. The molecule has 1 aromatic carbocycles. The summed E-state index contributed by atoms with van der Waals surface area (Å²) >= 11 is 0. The molecule has 2 rings (SSSR count). The molecule has 144 valence electrons. The van der Waals surface area contributed by atoms with E-state index in [0.717, 1.165) is 27.7 Å². The summed E-state index contributed by atoms with van der Waals surface area (Å²) in [6.45, 7) is 9.73. The number of nitrogens with zero attached hydrogens (tertiary/aromatic N) is 3. The average Bonchev–Trinajstić information content (AvgIpc) is 2.56. The van der Waals surface area contributed by atoms with Gasteiger partial charge in [-0.25, -0.2) is 9.97 Å². The first-order chi connectivity index (χ1) is 12.8. The van der Waals surface area contributed by atoms with Crippen LogP contribution in [0.2, 0.25) is 0 Å².